The van der Waals surface area contributed by atoms with Crippen LogP contribution in [0.2, 0.25) is 5.02 Å². The standard InChI is InChI=1S/C16H25ClN6/c1-21-11-2-3-12(21)9-13(8-11)22-4-6-23(7-5-22)16-14(17)15(18)19-10-20-16/h10-13H,2-9H2,1H3,(H2,18,19,20). The van der Waals surface area contributed by atoms with Gasteiger partial charge in [0.2, 0.25) is 0 Å². The Morgan fingerprint density at radius 1 is 1.04 bits per heavy atom. The van der Waals surface area contributed by atoms with Crippen LogP contribution >= 0.6 is 11.6 Å². The number of halogens is 1. The number of piperidine rings is 1. The van der Waals surface area contributed by atoms with Crippen LogP contribution in [0.4, 0.5) is 11.6 Å². The Morgan fingerprint density at radius 3 is 2.35 bits per heavy atom. The van der Waals surface area contributed by atoms with Crippen LogP contribution in [0.15, 0.2) is 6.33 Å². The Bertz CT molecular complexity index is 560. The minimum absolute atomic E-state index is 0.367. The van der Waals surface area contributed by atoms with Crippen molar-refractivity contribution in [2.75, 3.05) is 43.9 Å². The van der Waals surface area contributed by atoms with E-state index in [2.05, 4.69) is 31.7 Å². The molecule has 4 heterocycles. The lowest BCUT2D eigenvalue weighted by Gasteiger charge is -2.45. The summed E-state index contributed by atoms with van der Waals surface area (Å²) in [4.78, 5) is 15.8. The molecule has 0 aliphatic carbocycles. The fraction of sp³-hybridized carbons (Fsp3) is 0.750. The van der Waals surface area contributed by atoms with Crippen molar-refractivity contribution in [1.29, 1.82) is 0 Å². The minimum Gasteiger partial charge on any atom is -0.382 e. The highest BCUT2D eigenvalue weighted by atomic mass is 35.5. The van der Waals surface area contributed by atoms with E-state index in [4.69, 9.17) is 17.3 Å². The van der Waals surface area contributed by atoms with Crippen LogP contribution in [0.25, 0.3) is 0 Å². The largest absolute Gasteiger partial charge is 0.382 e. The van der Waals surface area contributed by atoms with E-state index in [9.17, 15) is 0 Å². The number of fused-ring (bicyclic) bond motifs is 2. The zero-order chi connectivity index (χ0) is 16.0. The zero-order valence-corrected chi connectivity index (χ0v) is 14.4. The molecule has 2 N–H and O–H groups in total. The van der Waals surface area contributed by atoms with E-state index in [1.54, 1.807) is 0 Å². The zero-order valence-electron chi connectivity index (χ0n) is 13.7. The summed E-state index contributed by atoms with van der Waals surface area (Å²) in [6, 6.07) is 2.34. The minimum atomic E-state index is 0.367. The summed E-state index contributed by atoms with van der Waals surface area (Å²) in [5.41, 5.74) is 5.80. The summed E-state index contributed by atoms with van der Waals surface area (Å²) >= 11 is 6.26. The van der Waals surface area contributed by atoms with Crippen LogP contribution in [0.1, 0.15) is 25.7 Å². The molecule has 0 spiro atoms. The molecule has 23 heavy (non-hydrogen) atoms. The highest BCUT2D eigenvalue weighted by Gasteiger charge is 2.40. The van der Waals surface area contributed by atoms with Gasteiger partial charge in [0.1, 0.15) is 17.2 Å². The van der Waals surface area contributed by atoms with Gasteiger partial charge in [0.15, 0.2) is 5.82 Å². The van der Waals surface area contributed by atoms with E-state index >= 15 is 0 Å². The topological polar surface area (TPSA) is 61.5 Å². The average Bonchev–Trinajstić information content (AvgIpc) is 2.78. The summed E-state index contributed by atoms with van der Waals surface area (Å²) < 4.78 is 0. The smallest absolute Gasteiger partial charge is 0.153 e. The Balaban J connectivity index is 1.39. The number of piperazine rings is 1. The average molecular weight is 337 g/mol. The van der Waals surface area contributed by atoms with E-state index < -0.39 is 0 Å². The second kappa shape index (κ2) is 6.07. The molecule has 4 rings (SSSR count). The molecular formula is C16H25ClN6. The Kier molecular flexibility index (Phi) is 4.07. The van der Waals surface area contributed by atoms with Crippen LogP contribution in [0.5, 0.6) is 0 Å². The predicted molar refractivity (Wildman–Crippen MR) is 92.8 cm³/mol. The number of anilines is 2. The molecule has 1 aromatic rings. The first-order valence-electron chi connectivity index (χ1n) is 8.60. The van der Waals surface area contributed by atoms with Crippen molar-refractivity contribution in [3.05, 3.63) is 11.3 Å². The number of rotatable bonds is 2. The van der Waals surface area contributed by atoms with Gasteiger partial charge in [-0.2, -0.15) is 0 Å². The first-order chi connectivity index (χ1) is 11.1. The third-order valence-corrected chi connectivity index (χ3v) is 6.36. The third kappa shape index (κ3) is 2.77. The number of hydrogen-bond donors (Lipinski definition) is 1. The van der Waals surface area contributed by atoms with Gasteiger partial charge < -0.3 is 15.5 Å². The fourth-order valence-corrected chi connectivity index (χ4v) is 4.79. The molecule has 0 aromatic carbocycles. The van der Waals surface area contributed by atoms with Gasteiger partial charge in [0.25, 0.3) is 0 Å². The summed E-state index contributed by atoms with van der Waals surface area (Å²) in [6.07, 6.45) is 6.92. The lowest BCUT2D eigenvalue weighted by molar-refractivity contribution is 0.0718. The molecule has 0 radical (unpaired) electrons. The van der Waals surface area contributed by atoms with Crippen LogP contribution in [0.3, 0.4) is 0 Å². The van der Waals surface area contributed by atoms with Gasteiger partial charge in [-0.1, -0.05) is 11.6 Å². The van der Waals surface area contributed by atoms with Crippen molar-refractivity contribution in [2.45, 2.75) is 43.8 Å². The predicted octanol–water partition coefficient (Wildman–Crippen LogP) is 1.46. The van der Waals surface area contributed by atoms with Crippen molar-refractivity contribution in [3.8, 4) is 0 Å². The molecule has 7 heteroatoms. The van der Waals surface area contributed by atoms with E-state index in [-0.39, 0.29) is 0 Å². The van der Waals surface area contributed by atoms with E-state index in [0.29, 0.717) is 10.8 Å². The Morgan fingerprint density at radius 2 is 1.70 bits per heavy atom. The van der Waals surface area contributed by atoms with Gasteiger partial charge in [-0.25, -0.2) is 9.97 Å². The summed E-state index contributed by atoms with van der Waals surface area (Å²) in [5, 5.41) is 0.485. The van der Waals surface area contributed by atoms with Crippen LogP contribution < -0.4 is 10.6 Å². The SMILES string of the molecule is CN1C2CCC1CC(N1CCN(c3ncnc(N)c3Cl)CC1)C2. The molecule has 0 saturated carbocycles. The van der Waals surface area contributed by atoms with Crippen molar-refractivity contribution in [3.63, 3.8) is 0 Å². The van der Waals surface area contributed by atoms with Crippen LogP contribution in [-0.4, -0.2) is 71.1 Å². The molecule has 2 unspecified atom stereocenters. The van der Waals surface area contributed by atoms with Gasteiger partial charge in [0.05, 0.1) is 0 Å². The van der Waals surface area contributed by atoms with Gasteiger partial charge in [-0.05, 0) is 32.7 Å². The number of aromatic nitrogens is 2. The molecule has 3 fully saturated rings. The monoisotopic (exact) mass is 336 g/mol. The van der Waals surface area contributed by atoms with Gasteiger partial charge >= 0.3 is 0 Å². The first kappa shape index (κ1) is 15.4. The third-order valence-electron chi connectivity index (χ3n) is 6.00. The number of nitrogens with two attached hydrogens (primary N) is 1. The van der Waals surface area contributed by atoms with Crippen molar-refractivity contribution in [2.24, 2.45) is 0 Å². The summed E-state index contributed by atoms with van der Waals surface area (Å²) in [6.45, 7) is 4.07. The number of hydrogen-bond acceptors (Lipinski definition) is 6. The lowest BCUT2D eigenvalue weighted by Crippen LogP contribution is -2.55. The van der Waals surface area contributed by atoms with Gasteiger partial charge in [-0.3, -0.25) is 4.90 Å². The first-order valence-corrected chi connectivity index (χ1v) is 8.98. The van der Waals surface area contributed by atoms with E-state index in [1.807, 2.05) is 0 Å². The molecule has 0 amide bonds. The maximum Gasteiger partial charge on any atom is 0.153 e. The van der Waals surface area contributed by atoms with E-state index in [1.165, 1.54) is 32.0 Å². The van der Waals surface area contributed by atoms with Crippen LogP contribution in [0, 0.1) is 0 Å². The summed E-state index contributed by atoms with van der Waals surface area (Å²) in [5.74, 6) is 1.15. The highest BCUT2D eigenvalue weighted by Crippen LogP contribution is 2.37. The van der Waals surface area contributed by atoms with Gasteiger partial charge in [-0.15, -0.1) is 0 Å². The Hall–Kier alpha value is -1.11. The quantitative estimate of drug-likeness (QED) is 0.882. The maximum atomic E-state index is 6.26. The fourth-order valence-electron chi connectivity index (χ4n) is 4.57. The molecule has 3 aliphatic heterocycles. The number of nitrogen functional groups attached to an aromatic ring is 1. The molecule has 126 valence electrons. The Labute approximate surface area is 142 Å². The highest BCUT2D eigenvalue weighted by molar-refractivity contribution is 6.35. The second-order valence-electron chi connectivity index (χ2n) is 7.10. The van der Waals surface area contributed by atoms with Crippen molar-refractivity contribution in [1.82, 2.24) is 19.8 Å². The molecule has 6 nitrogen and oxygen atoms in total. The molecule has 1 aromatic heterocycles. The molecule has 2 atom stereocenters. The van der Waals surface area contributed by atoms with Crippen molar-refractivity contribution >= 4 is 23.2 Å². The van der Waals surface area contributed by atoms with Crippen LogP contribution in [-0.2, 0) is 0 Å². The maximum absolute atomic E-state index is 6.26. The normalized spacial score (nSPS) is 32.4. The second-order valence-corrected chi connectivity index (χ2v) is 7.47. The molecule has 2 bridgehead atoms. The summed E-state index contributed by atoms with van der Waals surface area (Å²) in [7, 11) is 2.30. The number of nitrogens with zero attached hydrogens (tertiary/aromatic N) is 5. The van der Waals surface area contributed by atoms with Crippen molar-refractivity contribution < 1.29 is 0 Å². The molecule has 3 aliphatic rings. The molecule has 3 saturated heterocycles. The van der Waals surface area contributed by atoms with E-state index in [0.717, 1.165) is 50.1 Å². The van der Waals surface area contributed by atoms with Gasteiger partial charge in [0, 0.05) is 44.3 Å². The lowest BCUT2D eigenvalue weighted by atomic mass is 9.96. The molecular weight excluding hydrogens is 312 g/mol.